The Balaban J connectivity index is 1.90. The van der Waals surface area contributed by atoms with Crippen molar-refractivity contribution in [1.82, 2.24) is 0 Å². The smallest absolute Gasteiger partial charge is 0.128 e. The number of fused-ring (bicyclic) bond motifs is 1. The Hall–Kier alpha value is -1.87. The van der Waals surface area contributed by atoms with E-state index in [-0.39, 0.29) is 17.8 Å². The minimum atomic E-state index is -0.251. The van der Waals surface area contributed by atoms with Gasteiger partial charge >= 0.3 is 0 Å². The van der Waals surface area contributed by atoms with E-state index in [1.807, 2.05) is 0 Å². The maximum absolute atomic E-state index is 13.0. The second-order valence-electron chi connectivity index (χ2n) is 5.55. The van der Waals surface area contributed by atoms with E-state index < -0.39 is 0 Å². The number of ether oxygens (including phenoxy) is 1. The Morgan fingerprint density at radius 2 is 2.05 bits per heavy atom. The third-order valence-electron chi connectivity index (χ3n) is 4.16. The van der Waals surface area contributed by atoms with Gasteiger partial charge in [0.05, 0.1) is 0 Å². The maximum atomic E-state index is 13.0. The molecular weight excluding hydrogens is 265 g/mol. The van der Waals surface area contributed by atoms with Gasteiger partial charge in [-0.25, -0.2) is 4.39 Å². The van der Waals surface area contributed by atoms with Crippen molar-refractivity contribution in [3.05, 3.63) is 65.5 Å². The van der Waals surface area contributed by atoms with Gasteiger partial charge in [0.25, 0.3) is 0 Å². The Bertz CT molecular complexity index is 586. The van der Waals surface area contributed by atoms with Gasteiger partial charge in [-0.2, -0.15) is 0 Å². The van der Waals surface area contributed by atoms with Crippen LogP contribution in [0.5, 0.6) is 5.75 Å². The van der Waals surface area contributed by atoms with Gasteiger partial charge in [-0.1, -0.05) is 24.3 Å². The molecule has 0 unspecified atom stereocenters. The highest BCUT2D eigenvalue weighted by atomic mass is 19.1. The largest absolute Gasteiger partial charge is 0.485 e. The maximum Gasteiger partial charge on any atom is 0.128 e. The quantitative estimate of drug-likeness (QED) is 0.918. The zero-order valence-corrected chi connectivity index (χ0v) is 12.0. The molecule has 110 valence electrons. The summed E-state index contributed by atoms with van der Waals surface area (Å²) in [4.78, 5) is 0. The second kappa shape index (κ2) is 6.27. The van der Waals surface area contributed by atoms with Crippen LogP contribution in [0, 0.1) is 11.7 Å². The summed E-state index contributed by atoms with van der Waals surface area (Å²) in [7, 11) is 0. The molecule has 0 saturated heterocycles. The highest BCUT2D eigenvalue weighted by molar-refractivity contribution is 5.44. The number of hydrogen-bond acceptors (Lipinski definition) is 2. The summed E-state index contributed by atoms with van der Waals surface area (Å²) in [5.74, 6) is 0.720. The lowest BCUT2D eigenvalue weighted by Crippen LogP contribution is -2.34. The Morgan fingerprint density at radius 1 is 1.24 bits per heavy atom. The molecule has 3 heteroatoms. The predicted molar refractivity (Wildman–Crippen MR) is 82.5 cm³/mol. The van der Waals surface area contributed by atoms with Crippen LogP contribution >= 0.6 is 0 Å². The van der Waals surface area contributed by atoms with Crippen molar-refractivity contribution in [3.8, 4) is 5.75 Å². The van der Waals surface area contributed by atoms with Crippen LogP contribution < -0.4 is 10.5 Å². The highest BCUT2D eigenvalue weighted by Crippen LogP contribution is 2.34. The highest BCUT2D eigenvalue weighted by Gasteiger charge is 2.30. The molecule has 0 heterocycles. The molecule has 2 atom stereocenters. The number of benzene rings is 1. The van der Waals surface area contributed by atoms with E-state index in [0.29, 0.717) is 12.3 Å². The Labute approximate surface area is 124 Å². The lowest BCUT2D eigenvalue weighted by Gasteiger charge is -2.29. The van der Waals surface area contributed by atoms with Crippen LogP contribution in [0.4, 0.5) is 4.39 Å². The number of allylic oxidation sites excluding steroid dienone is 4. The lowest BCUT2D eigenvalue weighted by atomic mass is 9.88. The molecular formula is C18H20FNO. The fraction of sp³-hybridized carbons (Fsp3) is 0.333. The summed E-state index contributed by atoms with van der Waals surface area (Å²) in [6.07, 6.45) is 11.6. The summed E-state index contributed by atoms with van der Waals surface area (Å²) >= 11 is 0. The van der Waals surface area contributed by atoms with Crippen LogP contribution in [0.25, 0.3) is 0 Å². The first-order chi connectivity index (χ1) is 10.3. The molecule has 2 N–H and O–H groups in total. The molecule has 0 fully saturated rings. The van der Waals surface area contributed by atoms with Gasteiger partial charge in [0.1, 0.15) is 17.7 Å². The SMILES string of the molecule is NC[C@@H]1CCC=C2CC=CC=C2[C@@H]1Oc1ccc(F)cc1. The average Bonchev–Trinajstić information content (AvgIpc) is 2.69. The predicted octanol–water partition coefficient (Wildman–Crippen LogP) is 3.75. The van der Waals surface area contributed by atoms with Gasteiger partial charge in [-0.05, 0) is 61.2 Å². The molecule has 0 saturated carbocycles. The van der Waals surface area contributed by atoms with Crippen LogP contribution in [-0.4, -0.2) is 12.6 Å². The molecule has 0 aromatic heterocycles. The van der Waals surface area contributed by atoms with Crippen molar-refractivity contribution >= 4 is 0 Å². The van der Waals surface area contributed by atoms with Gasteiger partial charge in [0.15, 0.2) is 0 Å². The molecule has 1 aromatic carbocycles. The summed E-state index contributed by atoms with van der Waals surface area (Å²) in [6.45, 7) is 0.591. The van der Waals surface area contributed by atoms with Crippen molar-refractivity contribution in [2.24, 2.45) is 11.7 Å². The van der Waals surface area contributed by atoms with Crippen molar-refractivity contribution < 1.29 is 9.13 Å². The van der Waals surface area contributed by atoms with Crippen LogP contribution in [0.15, 0.2) is 59.7 Å². The fourth-order valence-corrected chi connectivity index (χ4v) is 3.01. The number of nitrogens with two attached hydrogens (primary N) is 1. The number of hydrogen-bond donors (Lipinski definition) is 1. The zero-order chi connectivity index (χ0) is 14.7. The summed E-state index contributed by atoms with van der Waals surface area (Å²) < 4.78 is 19.2. The van der Waals surface area contributed by atoms with Crippen molar-refractivity contribution in [1.29, 1.82) is 0 Å². The average molecular weight is 285 g/mol. The van der Waals surface area contributed by atoms with E-state index in [1.54, 1.807) is 12.1 Å². The van der Waals surface area contributed by atoms with Gasteiger partial charge in [0.2, 0.25) is 0 Å². The van der Waals surface area contributed by atoms with Crippen molar-refractivity contribution in [2.45, 2.75) is 25.4 Å². The van der Waals surface area contributed by atoms with Gasteiger partial charge in [-0.15, -0.1) is 0 Å². The molecule has 2 aliphatic rings. The van der Waals surface area contributed by atoms with E-state index >= 15 is 0 Å². The van der Waals surface area contributed by atoms with Gasteiger partial charge < -0.3 is 10.5 Å². The van der Waals surface area contributed by atoms with Crippen molar-refractivity contribution in [2.75, 3.05) is 6.54 Å². The third kappa shape index (κ3) is 3.08. The molecule has 0 spiro atoms. The molecule has 0 amide bonds. The third-order valence-corrected chi connectivity index (χ3v) is 4.16. The van der Waals surface area contributed by atoms with Gasteiger partial charge in [0, 0.05) is 5.92 Å². The molecule has 2 nitrogen and oxygen atoms in total. The second-order valence-corrected chi connectivity index (χ2v) is 5.55. The molecule has 0 aliphatic heterocycles. The summed E-state index contributed by atoms with van der Waals surface area (Å²) in [5.41, 5.74) is 8.51. The fourth-order valence-electron chi connectivity index (χ4n) is 3.01. The molecule has 0 radical (unpaired) electrons. The standard InChI is InChI=1S/C18H20FNO/c19-15-8-10-16(11-9-15)21-18-14(12-20)6-3-5-13-4-1-2-7-17(13)18/h1-2,5,7-11,14,18H,3-4,6,12,20H2/t14-,18+/m0/s1. The van der Waals surface area contributed by atoms with E-state index in [4.69, 9.17) is 10.5 Å². The number of halogens is 1. The topological polar surface area (TPSA) is 35.2 Å². The normalized spacial score (nSPS) is 24.7. The summed E-state index contributed by atoms with van der Waals surface area (Å²) in [5, 5.41) is 0. The zero-order valence-electron chi connectivity index (χ0n) is 12.0. The van der Waals surface area contributed by atoms with Crippen LogP contribution in [0.2, 0.25) is 0 Å². The molecule has 1 aromatic rings. The molecule has 3 rings (SSSR count). The molecule has 0 bridgehead atoms. The van der Waals surface area contributed by atoms with E-state index in [9.17, 15) is 4.39 Å². The Morgan fingerprint density at radius 3 is 2.81 bits per heavy atom. The number of rotatable bonds is 3. The van der Waals surface area contributed by atoms with Gasteiger partial charge in [-0.3, -0.25) is 0 Å². The Kier molecular flexibility index (Phi) is 4.20. The van der Waals surface area contributed by atoms with E-state index in [0.717, 1.165) is 19.3 Å². The summed E-state index contributed by atoms with van der Waals surface area (Å²) in [6, 6.07) is 6.21. The van der Waals surface area contributed by atoms with Crippen LogP contribution in [-0.2, 0) is 0 Å². The van der Waals surface area contributed by atoms with Crippen LogP contribution in [0.1, 0.15) is 19.3 Å². The first-order valence-corrected chi connectivity index (χ1v) is 7.46. The van der Waals surface area contributed by atoms with E-state index in [1.165, 1.54) is 23.3 Å². The molecule has 2 aliphatic carbocycles. The van der Waals surface area contributed by atoms with Crippen molar-refractivity contribution in [3.63, 3.8) is 0 Å². The van der Waals surface area contributed by atoms with Crippen LogP contribution in [0.3, 0.4) is 0 Å². The minimum Gasteiger partial charge on any atom is -0.485 e. The first kappa shape index (κ1) is 14.1. The molecule has 21 heavy (non-hydrogen) atoms. The van der Waals surface area contributed by atoms with E-state index in [2.05, 4.69) is 24.3 Å². The minimum absolute atomic E-state index is 0.0563. The lowest BCUT2D eigenvalue weighted by molar-refractivity contribution is 0.168. The monoisotopic (exact) mass is 285 g/mol. The first-order valence-electron chi connectivity index (χ1n) is 7.46.